The topological polar surface area (TPSA) is 74.1 Å². The molecule has 2 aliphatic rings. The highest BCUT2D eigenvalue weighted by Gasteiger charge is 2.28. The maximum atomic E-state index is 11.7. The molecule has 1 aliphatic carbocycles. The van der Waals surface area contributed by atoms with Gasteiger partial charge in [-0.3, -0.25) is 4.79 Å². The minimum absolute atomic E-state index is 0.372. The van der Waals surface area contributed by atoms with Crippen LogP contribution in [0, 0.1) is 0 Å². The van der Waals surface area contributed by atoms with Gasteiger partial charge in [0.1, 0.15) is 0 Å². The fourth-order valence-electron chi connectivity index (χ4n) is 3.10. The summed E-state index contributed by atoms with van der Waals surface area (Å²) in [5, 5.41) is 4.41. The van der Waals surface area contributed by atoms with E-state index >= 15 is 0 Å². The number of aromatic amines is 1. The maximum absolute atomic E-state index is 11.7. The quantitative estimate of drug-likeness (QED) is 0.797. The minimum Gasteiger partial charge on any atom is -0.369 e. The average Bonchev–Trinajstić information content (AvgIpc) is 3.14. The molecular weight excluding hydrogens is 264 g/mol. The van der Waals surface area contributed by atoms with E-state index in [4.69, 9.17) is 5.73 Å². The van der Waals surface area contributed by atoms with Gasteiger partial charge in [-0.15, -0.1) is 0 Å². The lowest BCUT2D eigenvalue weighted by Gasteiger charge is -2.37. The predicted molar refractivity (Wildman–Crippen MR) is 83.9 cm³/mol. The second kappa shape index (κ2) is 4.49. The lowest BCUT2D eigenvalue weighted by atomic mass is 10.1. The monoisotopic (exact) mass is 284 g/mol. The number of benzene rings is 1. The first-order chi connectivity index (χ1) is 10.1. The summed E-state index contributed by atoms with van der Waals surface area (Å²) in [4.78, 5) is 17.4. The number of anilines is 1. The standard InChI is InChI=1S/C16H20N4O/c1-20(10-7-18-8-10)14-5-4-11(16(17)21)15-12(14)6-13(19-15)9-2-3-9/h4-6,9-10,18-19H,2-3,7-8H2,1H3,(H2,17,21). The number of fused-ring (bicyclic) bond motifs is 1. The van der Waals surface area contributed by atoms with Crippen molar-refractivity contribution in [3.05, 3.63) is 29.5 Å². The molecule has 1 aromatic carbocycles. The summed E-state index contributed by atoms with van der Waals surface area (Å²) in [6.07, 6.45) is 2.47. The second-order valence-corrected chi connectivity index (χ2v) is 6.21. The lowest BCUT2D eigenvalue weighted by Crippen LogP contribution is -2.56. The van der Waals surface area contributed by atoms with E-state index in [2.05, 4.69) is 28.3 Å². The molecule has 5 nitrogen and oxygen atoms in total. The number of hydrogen-bond acceptors (Lipinski definition) is 3. The highest BCUT2D eigenvalue weighted by atomic mass is 16.1. The van der Waals surface area contributed by atoms with Crippen molar-refractivity contribution in [2.24, 2.45) is 5.73 Å². The van der Waals surface area contributed by atoms with Gasteiger partial charge >= 0.3 is 0 Å². The Labute approximate surface area is 123 Å². The van der Waals surface area contributed by atoms with E-state index < -0.39 is 0 Å². The second-order valence-electron chi connectivity index (χ2n) is 6.21. The molecular formula is C16H20N4O. The first kappa shape index (κ1) is 12.7. The fourth-order valence-corrected chi connectivity index (χ4v) is 3.10. The van der Waals surface area contributed by atoms with Crippen molar-refractivity contribution in [3.8, 4) is 0 Å². The van der Waals surface area contributed by atoms with E-state index in [1.807, 2.05) is 12.1 Å². The third-order valence-electron chi connectivity index (χ3n) is 4.76. The predicted octanol–water partition coefficient (Wildman–Crippen LogP) is 1.55. The first-order valence-corrected chi connectivity index (χ1v) is 7.54. The summed E-state index contributed by atoms with van der Waals surface area (Å²) in [5.41, 5.74) is 9.40. The number of likely N-dealkylation sites (N-methyl/N-ethyl adjacent to an activating group) is 1. The molecule has 2 fully saturated rings. The van der Waals surface area contributed by atoms with Crippen LogP contribution in [-0.2, 0) is 0 Å². The van der Waals surface area contributed by atoms with Crippen molar-refractivity contribution in [1.29, 1.82) is 0 Å². The van der Waals surface area contributed by atoms with Gasteiger partial charge in [0.25, 0.3) is 5.91 Å². The molecule has 2 heterocycles. The number of hydrogen-bond donors (Lipinski definition) is 3. The molecule has 1 saturated carbocycles. The molecule has 0 unspecified atom stereocenters. The molecule has 0 bridgehead atoms. The van der Waals surface area contributed by atoms with Gasteiger partial charge in [0.15, 0.2) is 0 Å². The summed E-state index contributed by atoms with van der Waals surface area (Å²) in [6.45, 7) is 2.02. The Hall–Kier alpha value is -2.01. The van der Waals surface area contributed by atoms with Crippen molar-refractivity contribution < 1.29 is 4.79 Å². The highest BCUT2D eigenvalue weighted by Crippen LogP contribution is 2.42. The molecule has 1 aliphatic heterocycles. The molecule has 1 aromatic heterocycles. The molecule has 5 heteroatoms. The van der Waals surface area contributed by atoms with Gasteiger partial charge in [-0.05, 0) is 37.0 Å². The Morgan fingerprint density at radius 1 is 1.33 bits per heavy atom. The Balaban J connectivity index is 1.86. The molecule has 4 N–H and O–H groups in total. The zero-order valence-electron chi connectivity index (χ0n) is 12.1. The van der Waals surface area contributed by atoms with Crippen molar-refractivity contribution >= 4 is 22.5 Å². The molecule has 21 heavy (non-hydrogen) atoms. The molecule has 0 radical (unpaired) electrons. The summed E-state index contributed by atoms with van der Waals surface area (Å²) < 4.78 is 0. The molecule has 0 atom stereocenters. The SMILES string of the molecule is CN(c1ccc(C(N)=O)c2[nH]c(C3CC3)cc12)C1CNC1. The molecule has 110 valence electrons. The summed E-state index contributed by atoms with van der Waals surface area (Å²) in [6, 6.07) is 6.59. The van der Waals surface area contributed by atoms with Crippen LogP contribution in [-0.4, -0.2) is 37.1 Å². The lowest BCUT2D eigenvalue weighted by molar-refractivity contribution is 0.100. The van der Waals surface area contributed by atoms with Crippen molar-refractivity contribution in [1.82, 2.24) is 10.3 Å². The van der Waals surface area contributed by atoms with Crippen LogP contribution in [0.5, 0.6) is 0 Å². The van der Waals surface area contributed by atoms with Gasteiger partial charge in [0.05, 0.1) is 17.1 Å². The third kappa shape index (κ3) is 2.00. The number of nitrogens with one attached hydrogen (secondary N) is 2. The number of H-pyrrole nitrogens is 1. The van der Waals surface area contributed by atoms with Crippen molar-refractivity contribution in [3.63, 3.8) is 0 Å². The number of primary amides is 1. The number of nitrogens with zero attached hydrogens (tertiary/aromatic N) is 1. The van der Waals surface area contributed by atoms with Gasteiger partial charge in [-0.25, -0.2) is 0 Å². The molecule has 4 rings (SSSR count). The zero-order valence-corrected chi connectivity index (χ0v) is 12.1. The van der Waals surface area contributed by atoms with Crippen LogP contribution in [0.3, 0.4) is 0 Å². The van der Waals surface area contributed by atoms with Gasteiger partial charge in [0.2, 0.25) is 0 Å². The maximum Gasteiger partial charge on any atom is 0.250 e. The first-order valence-electron chi connectivity index (χ1n) is 7.54. The summed E-state index contributed by atoms with van der Waals surface area (Å²) in [7, 11) is 2.12. The van der Waals surface area contributed by atoms with Crippen molar-refractivity contribution in [2.45, 2.75) is 24.8 Å². The largest absolute Gasteiger partial charge is 0.369 e. The van der Waals surface area contributed by atoms with Crippen LogP contribution in [0.1, 0.15) is 34.8 Å². The number of aromatic nitrogens is 1. The number of carbonyl (C=O) groups excluding carboxylic acids is 1. The van der Waals surface area contributed by atoms with E-state index in [1.54, 1.807) is 0 Å². The van der Waals surface area contributed by atoms with Gasteiger partial charge in [-0.2, -0.15) is 0 Å². The van der Waals surface area contributed by atoms with E-state index in [0.717, 1.165) is 24.0 Å². The number of rotatable bonds is 4. The van der Waals surface area contributed by atoms with E-state index in [0.29, 0.717) is 17.5 Å². The smallest absolute Gasteiger partial charge is 0.250 e. The van der Waals surface area contributed by atoms with Crippen LogP contribution in [0.25, 0.3) is 10.9 Å². The van der Waals surface area contributed by atoms with Crippen LogP contribution < -0.4 is 16.0 Å². The summed E-state index contributed by atoms with van der Waals surface area (Å²) in [5.74, 6) is 0.255. The summed E-state index contributed by atoms with van der Waals surface area (Å²) >= 11 is 0. The third-order valence-corrected chi connectivity index (χ3v) is 4.76. The van der Waals surface area contributed by atoms with E-state index in [1.165, 1.54) is 24.2 Å². The van der Waals surface area contributed by atoms with Gasteiger partial charge in [-0.1, -0.05) is 0 Å². The Bertz CT molecular complexity index is 712. The highest BCUT2D eigenvalue weighted by molar-refractivity contribution is 6.08. The normalized spacial score (nSPS) is 18.7. The van der Waals surface area contributed by atoms with E-state index in [9.17, 15) is 4.79 Å². The zero-order chi connectivity index (χ0) is 14.6. The molecule has 1 amide bonds. The number of carbonyl (C=O) groups is 1. The number of nitrogens with two attached hydrogens (primary N) is 1. The van der Waals surface area contributed by atoms with Crippen LogP contribution >= 0.6 is 0 Å². The van der Waals surface area contributed by atoms with Gasteiger partial charge < -0.3 is 20.9 Å². The van der Waals surface area contributed by atoms with Crippen LogP contribution in [0.2, 0.25) is 0 Å². The number of amides is 1. The average molecular weight is 284 g/mol. The molecule has 2 aromatic rings. The Kier molecular flexibility index (Phi) is 2.72. The van der Waals surface area contributed by atoms with E-state index in [-0.39, 0.29) is 5.91 Å². The molecule has 0 spiro atoms. The van der Waals surface area contributed by atoms with Crippen LogP contribution in [0.15, 0.2) is 18.2 Å². The van der Waals surface area contributed by atoms with Crippen molar-refractivity contribution in [2.75, 3.05) is 25.0 Å². The Morgan fingerprint density at radius 3 is 2.67 bits per heavy atom. The van der Waals surface area contributed by atoms with Gasteiger partial charge in [0, 0.05) is 36.9 Å². The Morgan fingerprint density at radius 2 is 2.10 bits per heavy atom. The molecule has 1 saturated heterocycles. The fraction of sp³-hybridized carbons (Fsp3) is 0.438. The van der Waals surface area contributed by atoms with Crippen LogP contribution in [0.4, 0.5) is 5.69 Å². The minimum atomic E-state index is -0.372.